The average Bonchev–Trinajstić information content (AvgIpc) is 3.50. The molecule has 0 amide bonds. The van der Waals surface area contributed by atoms with Crippen LogP contribution in [0, 0.1) is 5.92 Å². The summed E-state index contributed by atoms with van der Waals surface area (Å²) in [7, 11) is 0. The highest BCUT2D eigenvalue weighted by Crippen LogP contribution is 2.42. The minimum absolute atomic E-state index is 0.0762. The van der Waals surface area contributed by atoms with Crippen molar-refractivity contribution in [2.75, 3.05) is 19.8 Å². The third-order valence-electron chi connectivity index (χ3n) is 6.24. The average molecular weight is 367 g/mol. The van der Waals surface area contributed by atoms with Gasteiger partial charge in [0.1, 0.15) is 6.10 Å². The van der Waals surface area contributed by atoms with Gasteiger partial charge in [0.15, 0.2) is 0 Å². The Morgan fingerprint density at radius 1 is 1.00 bits per heavy atom. The summed E-state index contributed by atoms with van der Waals surface area (Å²) in [5.74, 6) is 0.737. The third kappa shape index (κ3) is 8.00. The summed E-state index contributed by atoms with van der Waals surface area (Å²) in [6.45, 7) is 8.41. The first-order valence-corrected chi connectivity index (χ1v) is 11.3. The zero-order valence-electron chi connectivity index (χ0n) is 17.2. The highest BCUT2D eigenvalue weighted by Gasteiger charge is 2.40. The van der Waals surface area contributed by atoms with Crippen LogP contribution in [0.15, 0.2) is 12.8 Å². The van der Waals surface area contributed by atoms with Crippen LogP contribution in [0.2, 0.25) is 0 Å². The van der Waals surface area contributed by atoms with Crippen molar-refractivity contribution < 1.29 is 14.2 Å². The Morgan fingerprint density at radius 2 is 1.69 bits per heavy atom. The van der Waals surface area contributed by atoms with Crippen LogP contribution in [0.4, 0.5) is 0 Å². The Kier molecular flexibility index (Phi) is 10.7. The minimum atomic E-state index is 0.0762. The summed E-state index contributed by atoms with van der Waals surface area (Å²) in [4.78, 5) is 0. The van der Waals surface area contributed by atoms with E-state index < -0.39 is 0 Å². The van der Waals surface area contributed by atoms with E-state index >= 15 is 0 Å². The smallest absolute Gasteiger partial charge is 0.104 e. The maximum atomic E-state index is 6.72. The monoisotopic (exact) mass is 366 g/mol. The SMILES string of the molecule is C=COCCCCC(CCCCCCC)(OCC1CO1)C1CCCCC1. The van der Waals surface area contributed by atoms with E-state index in [1.54, 1.807) is 6.26 Å². The van der Waals surface area contributed by atoms with Gasteiger partial charge in [0, 0.05) is 0 Å². The van der Waals surface area contributed by atoms with Gasteiger partial charge in [-0.05, 0) is 44.4 Å². The maximum absolute atomic E-state index is 6.72. The lowest BCUT2D eigenvalue weighted by atomic mass is 9.72. The molecule has 1 aliphatic heterocycles. The number of hydrogen-bond acceptors (Lipinski definition) is 3. The van der Waals surface area contributed by atoms with Gasteiger partial charge in [-0.3, -0.25) is 0 Å². The van der Waals surface area contributed by atoms with Crippen LogP contribution >= 0.6 is 0 Å². The molecule has 0 N–H and O–H groups in total. The van der Waals surface area contributed by atoms with Gasteiger partial charge in [-0.2, -0.15) is 0 Å². The molecule has 26 heavy (non-hydrogen) atoms. The molecule has 0 bridgehead atoms. The van der Waals surface area contributed by atoms with Crippen molar-refractivity contribution in [3.05, 3.63) is 12.8 Å². The highest BCUT2D eigenvalue weighted by atomic mass is 16.6. The second-order valence-electron chi connectivity index (χ2n) is 8.32. The number of ether oxygens (including phenoxy) is 3. The fourth-order valence-corrected chi connectivity index (χ4v) is 4.57. The first kappa shape index (κ1) is 21.8. The van der Waals surface area contributed by atoms with Gasteiger partial charge in [0.05, 0.1) is 31.7 Å². The maximum Gasteiger partial charge on any atom is 0.104 e. The van der Waals surface area contributed by atoms with Gasteiger partial charge in [-0.15, -0.1) is 0 Å². The molecule has 2 fully saturated rings. The predicted octanol–water partition coefficient (Wildman–Crippen LogP) is 6.41. The van der Waals surface area contributed by atoms with Crippen LogP contribution in [-0.4, -0.2) is 31.5 Å². The van der Waals surface area contributed by atoms with E-state index in [4.69, 9.17) is 14.2 Å². The minimum Gasteiger partial charge on any atom is -0.502 e. The Bertz CT molecular complexity index is 360. The summed E-state index contributed by atoms with van der Waals surface area (Å²) in [6.07, 6.45) is 20.2. The Hall–Kier alpha value is -0.540. The quantitative estimate of drug-likeness (QED) is 0.180. The van der Waals surface area contributed by atoms with Gasteiger partial charge >= 0.3 is 0 Å². The van der Waals surface area contributed by atoms with Crippen LogP contribution in [0.3, 0.4) is 0 Å². The van der Waals surface area contributed by atoms with Gasteiger partial charge < -0.3 is 14.2 Å². The van der Waals surface area contributed by atoms with E-state index in [2.05, 4.69) is 13.5 Å². The molecule has 2 atom stereocenters. The predicted molar refractivity (Wildman–Crippen MR) is 108 cm³/mol. The first-order valence-electron chi connectivity index (χ1n) is 11.3. The molecular formula is C23H42O3. The zero-order valence-corrected chi connectivity index (χ0v) is 17.2. The molecule has 0 aromatic rings. The topological polar surface area (TPSA) is 31.0 Å². The number of epoxide rings is 1. The van der Waals surface area contributed by atoms with Crippen LogP contribution in [0.25, 0.3) is 0 Å². The summed E-state index contributed by atoms with van der Waals surface area (Å²) in [6, 6.07) is 0. The molecule has 3 heteroatoms. The second kappa shape index (κ2) is 12.8. The molecule has 0 spiro atoms. The lowest BCUT2D eigenvalue weighted by Crippen LogP contribution is -2.43. The summed E-state index contributed by atoms with van der Waals surface area (Å²) in [5.41, 5.74) is 0.0762. The Balaban J connectivity index is 1.92. The largest absolute Gasteiger partial charge is 0.502 e. The Labute approximate surface area is 161 Å². The van der Waals surface area contributed by atoms with Crippen molar-refractivity contribution in [3.63, 3.8) is 0 Å². The molecule has 1 aliphatic carbocycles. The molecule has 0 radical (unpaired) electrons. The molecule has 0 aromatic heterocycles. The van der Waals surface area contributed by atoms with Crippen molar-refractivity contribution >= 4 is 0 Å². The van der Waals surface area contributed by atoms with Crippen molar-refractivity contribution in [1.82, 2.24) is 0 Å². The molecule has 2 rings (SSSR count). The molecule has 1 saturated heterocycles. The van der Waals surface area contributed by atoms with E-state index in [9.17, 15) is 0 Å². The van der Waals surface area contributed by atoms with E-state index in [1.807, 2.05) is 0 Å². The van der Waals surface area contributed by atoms with E-state index in [-0.39, 0.29) is 5.60 Å². The molecule has 2 aliphatic rings. The molecule has 152 valence electrons. The molecule has 0 aromatic carbocycles. The van der Waals surface area contributed by atoms with Crippen molar-refractivity contribution in [2.45, 2.75) is 109 Å². The van der Waals surface area contributed by atoms with E-state index in [1.165, 1.54) is 83.5 Å². The lowest BCUT2D eigenvalue weighted by molar-refractivity contribution is -0.114. The highest BCUT2D eigenvalue weighted by molar-refractivity contribution is 4.91. The third-order valence-corrected chi connectivity index (χ3v) is 6.24. The number of rotatable bonds is 16. The van der Waals surface area contributed by atoms with Crippen molar-refractivity contribution in [2.24, 2.45) is 5.92 Å². The number of unbranched alkanes of at least 4 members (excludes halogenated alkanes) is 5. The molecular weight excluding hydrogens is 324 g/mol. The standard InChI is InChI=1S/C23H42O3/c1-3-5-6-7-11-16-23(26-20-22-19-25-22,17-12-13-18-24-4-2)21-14-9-8-10-15-21/h4,21-22H,2-3,5-20H2,1H3. The fraction of sp³-hybridized carbons (Fsp3) is 0.913. The second-order valence-corrected chi connectivity index (χ2v) is 8.32. The molecule has 1 saturated carbocycles. The zero-order chi connectivity index (χ0) is 18.5. The molecule has 1 heterocycles. The number of hydrogen-bond donors (Lipinski definition) is 0. The van der Waals surface area contributed by atoms with Crippen LogP contribution in [0.1, 0.15) is 96.8 Å². The van der Waals surface area contributed by atoms with Gasteiger partial charge in [0.25, 0.3) is 0 Å². The Morgan fingerprint density at radius 3 is 2.35 bits per heavy atom. The fourth-order valence-electron chi connectivity index (χ4n) is 4.57. The van der Waals surface area contributed by atoms with Gasteiger partial charge in [0.2, 0.25) is 0 Å². The van der Waals surface area contributed by atoms with Gasteiger partial charge in [-0.25, -0.2) is 0 Å². The van der Waals surface area contributed by atoms with Crippen LogP contribution in [-0.2, 0) is 14.2 Å². The van der Waals surface area contributed by atoms with Crippen molar-refractivity contribution in [3.8, 4) is 0 Å². The van der Waals surface area contributed by atoms with Crippen LogP contribution in [0.5, 0.6) is 0 Å². The molecule has 3 nitrogen and oxygen atoms in total. The van der Waals surface area contributed by atoms with Crippen LogP contribution < -0.4 is 0 Å². The molecule has 2 unspecified atom stereocenters. The van der Waals surface area contributed by atoms with Gasteiger partial charge in [-0.1, -0.05) is 64.9 Å². The first-order chi connectivity index (χ1) is 12.8. The van der Waals surface area contributed by atoms with Crippen molar-refractivity contribution in [1.29, 1.82) is 0 Å². The van der Waals surface area contributed by atoms with E-state index in [0.717, 1.165) is 32.2 Å². The summed E-state index contributed by atoms with van der Waals surface area (Å²) in [5, 5.41) is 0. The normalized spacial score (nSPS) is 22.7. The summed E-state index contributed by atoms with van der Waals surface area (Å²) < 4.78 is 17.5. The summed E-state index contributed by atoms with van der Waals surface area (Å²) >= 11 is 0. The van der Waals surface area contributed by atoms with E-state index in [0.29, 0.717) is 6.10 Å². The lowest BCUT2D eigenvalue weighted by Gasteiger charge is -2.43.